The average molecular weight is 314 g/mol. The molecule has 0 bridgehead atoms. The van der Waals surface area contributed by atoms with Crippen LogP contribution in [0.3, 0.4) is 0 Å². The van der Waals surface area contributed by atoms with Crippen molar-refractivity contribution in [2.75, 3.05) is 0 Å². The molecule has 0 fully saturated rings. The van der Waals surface area contributed by atoms with Gasteiger partial charge in [-0.05, 0) is 48.8 Å². The van der Waals surface area contributed by atoms with Crippen molar-refractivity contribution in [2.24, 2.45) is 5.73 Å². The molecule has 2 aromatic rings. The second kappa shape index (κ2) is 4.92. The van der Waals surface area contributed by atoms with E-state index in [1.807, 2.05) is 18.5 Å². The Kier molecular flexibility index (Phi) is 3.70. The van der Waals surface area contributed by atoms with Crippen LogP contribution >= 0.6 is 27.3 Å². The molecule has 17 heavy (non-hydrogen) atoms. The van der Waals surface area contributed by atoms with Gasteiger partial charge in [0, 0.05) is 26.5 Å². The van der Waals surface area contributed by atoms with E-state index in [0.29, 0.717) is 0 Å². The zero-order valence-corrected chi connectivity index (χ0v) is 12.5. The Morgan fingerprint density at radius 2 is 2.12 bits per heavy atom. The van der Waals surface area contributed by atoms with Crippen LogP contribution in [0.25, 0.3) is 0 Å². The van der Waals surface area contributed by atoms with E-state index < -0.39 is 0 Å². The third kappa shape index (κ3) is 2.61. The van der Waals surface area contributed by atoms with Crippen LogP contribution < -0.4 is 5.73 Å². The first-order valence-electron chi connectivity index (χ1n) is 5.51. The van der Waals surface area contributed by atoms with E-state index in [9.17, 15) is 0 Å². The van der Waals surface area contributed by atoms with Crippen molar-refractivity contribution in [2.45, 2.75) is 32.9 Å². The summed E-state index contributed by atoms with van der Waals surface area (Å²) in [4.78, 5) is 1.23. The molecule has 3 nitrogen and oxygen atoms in total. The largest absolute Gasteiger partial charge is 0.326 e. The summed E-state index contributed by atoms with van der Waals surface area (Å²) in [5.41, 5.74) is 8.30. The minimum atomic E-state index is 0.0264. The first-order valence-corrected chi connectivity index (χ1v) is 7.18. The number of nitrogens with two attached hydrogens (primary N) is 1. The Morgan fingerprint density at radius 1 is 1.41 bits per heavy atom. The third-order valence-corrected chi connectivity index (χ3v) is 4.45. The predicted octanol–water partition coefficient (Wildman–Crippen LogP) is 3.26. The summed E-state index contributed by atoms with van der Waals surface area (Å²) < 4.78 is 3.13. The number of hydrogen-bond acceptors (Lipinski definition) is 3. The fourth-order valence-electron chi connectivity index (χ4n) is 2.01. The monoisotopic (exact) mass is 313 g/mol. The van der Waals surface area contributed by atoms with Crippen molar-refractivity contribution >= 4 is 27.3 Å². The highest BCUT2D eigenvalue weighted by molar-refractivity contribution is 9.10. The molecule has 2 unspecified atom stereocenters. The fourth-order valence-corrected chi connectivity index (χ4v) is 3.66. The van der Waals surface area contributed by atoms with Gasteiger partial charge in [-0.3, -0.25) is 4.68 Å². The molecule has 0 saturated heterocycles. The second-order valence-electron chi connectivity index (χ2n) is 4.34. The van der Waals surface area contributed by atoms with Crippen LogP contribution in [0, 0.1) is 13.8 Å². The number of hydrogen-bond donors (Lipinski definition) is 1. The lowest BCUT2D eigenvalue weighted by molar-refractivity contribution is 0.450. The molecular formula is C12H16BrN3S. The average Bonchev–Trinajstić information content (AvgIpc) is 2.75. The SMILES string of the molecule is Cc1cc(C)n(C(c2cc(Br)cs2)C(C)N)n1. The Balaban J connectivity index is 2.46. The normalized spacial score (nSPS) is 14.9. The maximum Gasteiger partial charge on any atom is 0.101 e. The standard InChI is InChI=1S/C12H16BrN3S/c1-7-4-8(2)16(15-7)12(9(3)14)11-5-10(13)6-17-11/h4-6,9,12H,14H2,1-3H3. The van der Waals surface area contributed by atoms with Gasteiger partial charge in [-0.15, -0.1) is 11.3 Å². The van der Waals surface area contributed by atoms with E-state index in [-0.39, 0.29) is 12.1 Å². The quantitative estimate of drug-likeness (QED) is 0.945. The van der Waals surface area contributed by atoms with Gasteiger partial charge in [-0.25, -0.2) is 0 Å². The summed E-state index contributed by atoms with van der Waals surface area (Å²) in [7, 11) is 0. The van der Waals surface area contributed by atoms with Gasteiger partial charge >= 0.3 is 0 Å². The Bertz CT molecular complexity index is 516. The van der Waals surface area contributed by atoms with Gasteiger partial charge in [0.2, 0.25) is 0 Å². The number of nitrogens with zero attached hydrogens (tertiary/aromatic N) is 2. The van der Waals surface area contributed by atoms with Crippen LogP contribution in [0.2, 0.25) is 0 Å². The highest BCUT2D eigenvalue weighted by Gasteiger charge is 2.22. The Labute approximate surface area is 114 Å². The molecule has 2 N–H and O–H groups in total. The summed E-state index contributed by atoms with van der Waals surface area (Å²) in [5.74, 6) is 0. The second-order valence-corrected chi connectivity index (χ2v) is 6.20. The van der Waals surface area contributed by atoms with E-state index in [0.717, 1.165) is 15.9 Å². The minimum Gasteiger partial charge on any atom is -0.326 e. The molecule has 0 radical (unpaired) electrons. The zero-order chi connectivity index (χ0) is 12.6. The molecule has 2 rings (SSSR count). The van der Waals surface area contributed by atoms with Crippen LogP contribution in [0.15, 0.2) is 22.0 Å². The Morgan fingerprint density at radius 3 is 2.53 bits per heavy atom. The van der Waals surface area contributed by atoms with Crippen molar-refractivity contribution in [3.63, 3.8) is 0 Å². The van der Waals surface area contributed by atoms with E-state index in [4.69, 9.17) is 5.73 Å². The molecule has 0 aliphatic rings. The summed E-state index contributed by atoms with van der Waals surface area (Å²) in [6.45, 7) is 6.10. The van der Waals surface area contributed by atoms with Crippen LogP contribution in [-0.2, 0) is 0 Å². The van der Waals surface area contributed by atoms with Crippen LogP contribution in [0.4, 0.5) is 0 Å². The van der Waals surface area contributed by atoms with Gasteiger partial charge in [0.05, 0.1) is 5.69 Å². The fraction of sp³-hybridized carbons (Fsp3) is 0.417. The number of halogens is 1. The molecule has 2 atom stereocenters. The molecule has 0 saturated carbocycles. The first-order chi connectivity index (χ1) is 7.99. The van der Waals surface area contributed by atoms with Gasteiger partial charge in [0.15, 0.2) is 0 Å². The van der Waals surface area contributed by atoms with Crippen LogP contribution in [0.1, 0.15) is 29.2 Å². The predicted molar refractivity (Wildman–Crippen MR) is 75.5 cm³/mol. The number of aryl methyl sites for hydroxylation is 2. The van der Waals surface area contributed by atoms with Crippen molar-refractivity contribution in [1.29, 1.82) is 0 Å². The summed E-state index contributed by atoms with van der Waals surface area (Å²) in [6.07, 6.45) is 0. The van der Waals surface area contributed by atoms with E-state index >= 15 is 0 Å². The lowest BCUT2D eigenvalue weighted by atomic mass is 10.1. The number of aromatic nitrogens is 2. The van der Waals surface area contributed by atoms with Gasteiger partial charge in [-0.1, -0.05) is 0 Å². The minimum absolute atomic E-state index is 0.0264. The van der Waals surface area contributed by atoms with Crippen LogP contribution in [0.5, 0.6) is 0 Å². The van der Waals surface area contributed by atoms with Gasteiger partial charge in [-0.2, -0.15) is 5.10 Å². The highest BCUT2D eigenvalue weighted by Crippen LogP contribution is 2.30. The Hall–Kier alpha value is -0.650. The summed E-state index contributed by atoms with van der Waals surface area (Å²) >= 11 is 5.20. The molecule has 92 valence electrons. The molecule has 2 aromatic heterocycles. The van der Waals surface area contributed by atoms with Crippen molar-refractivity contribution in [1.82, 2.24) is 9.78 Å². The van der Waals surface area contributed by atoms with E-state index in [1.54, 1.807) is 11.3 Å². The molecule has 0 aliphatic heterocycles. The van der Waals surface area contributed by atoms with Gasteiger partial charge < -0.3 is 5.73 Å². The molecule has 0 aliphatic carbocycles. The smallest absolute Gasteiger partial charge is 0.101 e. The van der Waals surface area contributed by atoms with Crippen molar-refractivity contribution < 1.29 is 0 Å². The van der Waals surface area contributed by atoms with E-state index in [2.05, 4.69) is 45.5 Å². The van der Waals surface area contributed by atoms with Gasteiger partial charge in [0.1, 0.15) is 6.04 Å². The van der Waals surface area contributed by atoms with E-state index in [1.165, 1.54) is 4.88 Å². The lowest BCUT2D eigenvalue weighted by Crippen LogP contribution is -2.31. The topological polar surface area (TPSA) is 43.8 Å². The van der Waals surface area contributed by atoms with Gasteiger partial charge in [0.25, 0.3) is 0 Å². The first kappa shape index (κ1) is 12.8. The maximum atomic E-state index is 6.12. The molecule has 2 heterocycles. The van der Waals surface area contributed by atoms with Crippen molar-refractivity contribution in [3.05, 3.63) is 38.3 Å². The lowest BCUT2D eigenvalue weighted by Gasteiger charge is -2.21. The maximum absolute atomic E-state index is 6.12. The summed E-state index contributed by atoms with van der Waals surface area (Å²) in [6, 6.07) is 4.34. The molecule has 5 heteroatoms. The zero-order valence-electron chi connectivity index (χ0n) is 10.1. The highest BCUT2D eigenvalue weighted by atomic mass is 79.9. The summed E-state index contributed by atoms with van der Waals surface area (Å²) in [5, 5.41) is 6.63. The number of thiophene rings is 1. The molecular weight excluding hydrogens is 298 g/mol. The molecule has 0 amide bonds. The van der Waals surface area contributed by atoms with Crippen molar-refractivity contribution in [3.8, 4) is 0 Å². The van der Waals surface area contributed by atoms with Crippen LogP contribution in [-0.4, -0.2) is 15.8 Å². The molecule has 0 aromatic carbocycles. The third-order valence-electron chi connectivity index (χ3n) is 2.69. The molecule has 0 spiro atoms. The number of rotatable bonds is 3.